The van der Waals surface area contributed by atoms with Crippen LogP contribution in [0.1, 0.15) is 56.0 Å². The molecule has 0 radical (unpaired) electrons. The van der Waals surface area contributed by atoms with Gasteiger partial charge < -0.3 is 14.6 Å². The number of aromatic nitrogens is 2. The number of carbonyl (C=O) groups excluding carboxylic acids is 1. The molecule has 0 spiro atoms. The van der Waals surface area contributed by atoms with E-state index in [4.69, 9.17) is 4.42 Å². The second kappa shape index (κ2) is 6.89. The number of aryl methyl sites for hydroxylation is 1. The van der Waals surface area contributed by atoms with Crippen molar-refractivity contribution in [2.45, 2.75) is 44.7 Å². The summed E-state index contributed by atoms with van der Waals surface area (Å²) in [6, 6.07) is 3.75. The molecule has 0 bridgehead atoms. The molecule has 2 amide bonds. The second-order valence-electron chi connectivity index (χ2n) is 6.19. The molecular formula is C17H24N4O2. The van der Waals surface area contributed by atoms with Gasteiger partial charge in [0, 0.05) is 25.4 Å². The van der Waals surface area contributed by atoms with Crippen molar-refractivity contribution >= 4 is 6.03 Å². The maximum absolute atomic E-state index is 12.8. The molecule has 2 aromatic rings. The van der Waals surface area contributed by atoms with Gasteiger partial charge in [-0.05, 0) is 31.9 Å². The fourth-order valence-electron chi connectivity index (χ4n) is 3.14. The average molecular weight is 316 g/mol. The summed E-state index contributed by atoms with van der Waals surface area (Å²) in [5.41, 5.74) is 1.00. The minimum Gasteiger partial charge on any atom is -0.467 e. The Morgan fingerprint density at radius 3 is 3.00 bits per heavy atom. The third-order valence-corrected chi connectivity index (χ3v) is 4.45. The van der Waals surface area contributed by atoms with Crippen LogP contribution in [0.3, 0.4) is 0 Å². The van der Waals surface area contributed by atoms with Crippen LogP contribution in [0.2, 0.25) is 0 Å². The summed E-state index contributed by atoms with van der Waals surface area (Å²) in [6.45, 7) is 2.74. The van der Waals surface area contributed by atoms with E-state index in [-0.39, 0.29) is 18.1 Å². The molecule has 0 unspecified atom stereocenters. The van der Waals surface area contributed by atoms with Crippen molar-refractivity contribution in [3.05, 3.63) is 42.1 Å². The van der Waals surface area contributed by atoms with Crippen LogP contribution in [0.25, 0.3) is 0 Å². The van der Waals surface area contributed by atoms with Crippen LogP contribution in [0.4, 0.5) is 4.79 Å². The Hall–Kier alpha value is -2.24. The third kappa shape index (κ3) is 3.57. The number of hydrogen-bond acceptors (Lipinski definition) is 3. The van der Waals surface area contributed by atoms with Gasteiger partial charge in [-0.2, -0.15) is 5.10 Å². The maximum Gasteiger partial charge on any atom is 0.318 e. The van der Waals surface area contributed by atoms with Crippen molar-refractivity contribution in [3.8, 4) is 0 Å². The van der Waals surface area contributed by atoms with E-state index in [0.717, 1.165) is 43.6 Å². The average Bonchev–Trinajstić information content (AvgIpc) is 3.14. The van der Waals surface area contributed by atoms with Crippen LogP contribution in [-0.2, 0) is 7.05 Å². The summed E-state index contributed by atoms with van der Waals surface area (Å²) in [5, 5.41) is 7.26. The number of furan rings is 1. The van der Waals surface area contributed by atoms with Crippen molar-refractivity contribution in [2.75, 3.05) is 6.54 Å². The molecule has 1 aliphatic rings. The smallest absolute Gasteiger partial charge is 0.318 e. The zero-order chi connectivity index (χ0) is 16.2. The predicted octanol–water partition coefficient (Wildman–Crippen LogP) is 3.40. The molecule has 1 fully saturated rings. The quantitative estimate of drug-likeness (QED) is 0.944. The Morgan fingerprint density at radius 1 is 1.43 bits per heavy atom. The van der Waals surface area contributed by atoms with Crippen LogP contribution in [0.15, 0.2) is 35.2 Å². The monoisotopic (exact) mass is 316 g/mol. The fraction of sp³-hybridized carbons (Fsp3) is 0.529. The highest BCUT2D eigenvalue weighted by Gasteiger charge is 2.29. The van der Waals surface area contributed by atoms with E-state index in [2.05, 4.69) is 10.4 Å². The Morgan fingerprint density at radius 2 is 2.30 bits per heavy atom. The molecule has 1 N–H and O–H groups in total. The fourth-order valence-corrected chi connectivity index (χ4v) is 3.14. The first kappa shape index (κ1) is 15.6. The van der Waals surface area contributed by atoms with Crippen molar-refractivity contribution in [1.82, 2.24) is 20.0 Å². The van der Waals surface area contributed by atoms with Crippen LogP contribution in [0, 0.1) is 0 Å². The Balaban J connectivity index is 1.72. The van der Waals surface area contributed by atoms with Crippen molar-refractivity contribution < 1.29 is 9.21 Å². The van der Waals surface area contributed by atoms with Crippen molar-refractivity contribution in [1.29, 1.82) is 0 Å². The van der Waals surface area contributed by atoms with Gasteiger partial charge in [-0.25, -0.2) is 4.79 Å². The molecule has 6 heteroatoms. The van der Waals surface area contributed by atoms with Gasteiger partial charge in [0.1, 0.15) is 5.76 Å². The number of urea groups is 1. The molecule has 2 atom stereocenters. The highest BCUT2D eigenvalue weighted by molar-refractivity contribution is 5.75. The molecule has 1 saturated heterocycles. The van der Waals surface area contributed by atoms with Gasteiger partial charge in [-0.3, -0.25) is 4.68 Å². The number of nitrogens with one attached hydrogen (secondary N) is 1. The Kier molecular flexibility index (Phi) is 4.69. The molecule has 23 heavy (non-hydrogen) atoms. The first-order chi connectivity index (χ1) is 11.1. The molecule has 6 nitrogen and oxygen atoms in total. The number of nitrogens with zero attached hydrogens (tertiary/aromatic N) is 3. The molecule has 1 aliphatic heterocycles. The number of rotatable bonds is 3. The molecule has 3 rings (SSSR count). The van der Waals surface area contributed by atoms with E-state index >= 15 is 0 Å². The lowest BCUT2D eigenvalue weighted by Crippen LogP contribution is -2.43. The van der Waals surface area contributed by atoms with Crippen LogP contribution >= 0.6 is 0 Å². The largest absolute Gasteiger partial charge is 0.467 e. The number of likely N-dealkylation sites (tertiary alicyclic amines) is 1. The van der Waals surface area contributed by atoms with E-state index in [1.165, 1.54) is 0 Å². The van der Waals surface area contributed by atoms with Crippen LogP contribution < -0.4 is 5.32 Å². The van der Waals surface area contributed by atoms with E-state index in [1.54, 1.807) is 17.1 Å². The van der Waals surface area contributed by atoms with Crippen LogP contribution in [0.5, 0.6) is 0 Å². The van der Waals surface area contributed by atoms with Crippen molar-refractivity contribution in [2.24, 2.45) is 7.05 Å². The van der Waals surface area contributed by atoms with Crippen molar-refractivity contribution in [3.63, 3.8) is 0 Å². The van der Waals surface area contributed by atoms with E-state index in [1.807, 2.05) is 37.2 Å². The normalized spacial score (nSPS) is 20.1. The first-order valence-corrected chi connectivity index (χ1v) is 8.24. The predicted molar refractivity (Wildman–Crippen MR) is 86.8 cm³/mol. The van der Waals surface area contributed by atoms with Gasteiger partial charge in [0.2, 0.25) is 0 Å². The summed E-state index contributed by atoms with van der Waals surface area (Å²) >= 11 is 0. The Bertz CT molecular complexity index is 635. The molecule has 0 aliphatic carbocycles. The summed E-state index contributed by atoms with van der Waals surface area (Å²) in [4.78, 5) is 14.7. The van der Waals surface area contributed by atoms with E-state index in [9.17, 15) is 4.79 Å². The highest BCUT2D eigenvalue weighted by atomic mass is 16.3. The molecule has 124 valence electrons. The lowest BCUT2D eigenvalue weighted by atomic mass is 10.1. The lowest BCUT2D eigenvalue weighted by molar-refractivity contribution is 0.163. The van der Waals surface area contributed by atoms with Gasteiger partial charge in [0.05, 0.1) is 24.5 Å². The third-order valence-electron chi connectivity index (χ3n) is 4.45. The van der Waals surface area contributed by atoms with E-state index < -0.39 is 0 Å². The molecule has 2 aromatic heterocycles. The van der Waals surface area contributed by atoms with Gasteiger partial charge in [-0.15, -0.1) is 0 Å². The first-order valence-electron chi connectivity index (χ1n) is 8.24. The van der Waals surface area contributed by atoms with Gasteiger partial charge >= 0.3 is 6.03 Å². The lowest BCUT2D eigenvalue weighted by Gasteiger charge is -2.30. The summed E-state index contributed by atoms with van der Waals surface area (Å²) in [7, 11) is 1.87. The summed E-state index contributed by atoms with van der Waals surface area (Å²) < 4.78 is 7.31. The molecular weight excluding hydrogens is 292 g/mol. The second-order valence-corrected chi connectivity index (χ2v) is 6.19. The number of carbonyl (C=O) groups is 1. The molecule has 3 heterocycles. The zero-order valence-corrected chi connectivity index (χ0v) is 13.7. The minimum absolute atomic E-state index is 0.0219. The van der Waals surface area contributed by atoms with Gasteiger partial charge in [0.25, 0.3) is 0 Å². The van der Waals surface area contributed by atoms with Gasteiger partial charge in [-0.1, -0.05) is 12.8 Å². The van der Waals surface area contributed by atoms with E-state index in [0.29, 0.717) is 0 Å². The summed E-state index contributed by atoms with van der Waals surface area (Å²) in [5.74, 6) is 0.871. The van der Waals surface area contributed by atoms with Gasteiger partial charge in [0.15, 0.2) is 0 Å². The maximum atomic E-state index is 12.8. The standard InChI is InChI=1S/C17H24N4O2/c1-13(14-11-18-20(2)12-14)19-17(22)21-9-5-3-4-7-15(21)16-8-6-10-23-16/h6,8,10-13,15H,3-5,7,9H2,1-2H3,(H,19,22)/t13-,15-/m0/s1. The Labute approximate surface area is 136 Å². The summed E-state index contributed by atoms with van der Waals surface area (Å²) in [6.07, 6.45) is 9.64. The van der Waals surface area contributed by atoms with Crippen LogP contribution in [-0.4, -0.2) is 27.3 Å². The zero-order valence-electron chi connectivity index (χ0n) is 13.7. The topological polar surface area (TPSA) is 63.3 Å². The number of amides is 2. The molecule has 0 saturated carbocycles. The molecule has 0 aromatic carbocycles. The highest BCUT2D eigenvalue weighted by Crippen LogP contribution is 2.30. The number of hydrogen-bond donors (Lipinski definition) is 1. The SMILES string of the molecule is C[C@H](NC(=O)N1CCCCC[C@H]1c1ccco1)c1cnn(C)c1. The minimum atomic E-state index is -0.0725.